The minimum absolute atomic E-state index is 0.0853. The van der Waals surface area contributed by atoms with Crippen molar-refractivity contribution in [3.8, 4) is 6.07 Å². The van der Waals surface area contributed by atoms with Crippen LogP contribution in [0.1, 0.15) is 31.2 Å². The van der Waals surface area contributed by atoms with Gasteiger partial charge in [-0.25, -0.2) is 0 Å². The van der Waals surface area contributed by atoms with Crippen molar-refractivity contribution in [2.24, 2.45) is 5.92 Å². The van der Waals surface area contributed by atoms with Crippen molar-refractivity contribution in [2.45, 2.75) is 37.9 Å². The number of hydrogen-bond donors (Lipinski definition) is 1. The Morgan fingerprint density at radius 1 is 1.36 bits per heavy atom. The Bertz CT molecular complexity index is 610. The maximum Gasteiger partial charge on any atom is 0.391 e. The summed E-state index contributed by atoms with van der Waals surface area (Å²) in [7, 11) is 0. The van der Waals surface area contributed by atoms with Gasteiger partial charge in [-0.1, -0.05) is 6.42 Å². The highest BCUT2D eigenvalue weighted by atomic mass is 19.4. The van der Waals surface area contributed by atoms with E-state index in [0.717, 1.165) is 0 Å². The second-order valence-electron chi connectivity index (χ2n) is 5.35. The summed E-state index contributed by atoms with van der Waals surface area (Å²) in [4.78, 5) is 10.4. The normalized spacial score (nSPS) is 21.9. The number of halogens is 3. The second-order valence-corrected chi connectivity index (χ2v) is 5.35. The molecule has 118 valence electrons. The Balaban J connectivity index is 2.19. The molecule has 0 bridgehead atoms. The van der Waals surface area contributed by atoms with Gasteiger partial charge in [0.15, 0.2) is 0 Å². The first-order valence-electron chi connectivity index (χ1n) is 6.83. The third-order valence-corrected chi connectivity index (χ3v) is 3.82. The SMILES string of the molecule is N#Cc1ccc([N+](=O)[O-])c(NC2CCCC(C(F)(F)F)C2)c1. The van der Waals surface area contributed by atoms with Gasteiger partial charge in [0.1, 0.15) is 5.69 Å². The molecule has 0 aliphatic heterocycles. The molecular formula is C14H14F3N3O2. The number of nitrogens with zero attached hydrogens (tertiary/aromatic N) is 2. The van der Waals surface area contributed by atoms with E-state index in [-0.39, 0.29) is 29.8 Å². The van der Waals surface area contributed by atoms with E-state index < -0.39 is 23.1 Å². The summed E-state index contributed by atoms with van der Waals surface area (Å²) in [5.41, 5.74) is 0.0706. The van der Waals surface area contributed by atoms with Crippen LogP contribution in [0.3, 0.4) is 0 Å². The third kappa shape index (κ3) is 3.67. The van der Waals surface area contributed by atoms with Crippen LogP contribution >= 0.6 is 0 Å². The molecule has 22 heavy (non-hydrogen) atoms. The number of nitriles is 1. The fraction of sp³-hybridized carbons (Fsp3) is 0.500. The summed E-state index contributed by atoms with van der Waals surface area (Å²) in [6, 6.07) is 5.16. The van der Waals surface area contributed by atoms with Gasteiger partial charge in [-0.2, -0.15) is 18.4 Å². The van der Waals surface area contributed by atoms with Crippen molar-refractivity contribution in [1.29, 1.82) is 5.26 Å². The average molecular weight is 313 g/mol. The van der Waals surface area contributed by atoms with E-state index in [4.69, 9.17) is 5.26 Å². The molecule has 2 rings (SSSR count). The van der Waals surface area contributed by atoms with Gasteiger partial charge >= 0.3 is 6.18 Å². The van der Waals surface area contributed by atoms with E-state index >= 15 is 0 Å². The lowest BCUT2D eigenvalue weighted by Gasteiger charge is -2.31. The Morgan fingerprint density at radius 2 is 2.09 bits per heavy atom. The van der Waals surface area contributed by atoms with Gasteiger partial charge in [0, 0.05) is 12.1 Å². The summed E-state index contributed by atoms with van der Waals surface area (Å²) < 4.78 is 38.4. The Labute approximate surface area is 124 Å². The Morgan fingerprint density at radius 3 is 2.68 bits per heavy atom. The predicted molar refractivity (Wildman–Crippen MR) is 73.2 cm³/mol. The van der Waals surface area contributed by atoms with Crippen LogP contribution in [0.5, 0.6) is 0 Å². The summed E-state index contributed by atoms with van der Waals surface area (Å²) in [6.45, 7) is 0. The van der Waals surface area contributed by atoms with Crippen molar-refractivity contribution >= 4 is 11.4 Å². The molecular weight excluding hydrogens is 299 g/mol. The molecule has 0 spiro atoms. The van der Waals surface area contributed by atoms with E-state index in [2.05, 4.69) is 5.32 Å². The lowest BCUT2D eigenvalue weighted by Crippen LogP contribution is -2.34. The van der Waals surface area contributed by atoms with Crippen LogP contribution < -0.4 is 5.32 Å². The number of rotatable bonds is 3. The molecule has 1 saturated carbocycles. The fourth-order valence-electron chi connectivity index (χ4n) is 2.72. The summed E-state index contributed by atoms with van der Waals surface area (Å²) >= 11 is 0. The second kappa shape index (κ2) is 6.22. The van der Waals surface area contributed by atoms with Gasteiger partial charge in [-0.15, -0.1) is 0 Å². The largest absolute Gasteiger partial charge is 0.391 e. The zero-order valence-corrected chi connectivity index (χ0v) is 11.6. The van der Waals surface area contributed by atoms with Gasteiger partial charge in [0.05, 0.1) is 22.5 Å². The molecule has 1 fully saturated rings. The smallest absolute Gasteiger partial charge is 0.377 e. The Hall–Kier alpha value is -2.30. The molecule has 0 heterocycles. The topological polar surface area (TPSA) is 79.0 Å². The highest BCUT2D eigenvalue weighted by Crippen LogP contribution is 2.39. The first-order chi connectivity index (χ1) is 10.3. The number of alkyl halides is 3. The van der Waals surface area contributed by atoms with Crippen LogP contribution in [-0.4, -0.2) is 17.1 Å². The van der Waals surface area contributed by atoms with E-state index in [9.17, 15) is 23.3 Å². The van der Waals surface area contributed by atoms with Crippen LogP contribution in [0.2, 0.25) is 0 Å². The number of nitrogens with one attached hydrogen (secondary N) is 1. The monoisotopic (exact) mass is 313 g/mol. The predicted octanol–water partition coefficient (Wildman–Crippen LogP) is 4.00. The van der Waals surface area contributed by atoms with Gasteiger partial charge < -0.3 is 5.32 Å². The zero-order valence-electron chi connectivity index (χ0n) is 11.6. The highest BCUT2D eigenvalue weighted by Gasteiger charge is 2.42. The van der Waals surface area contributed by atoms with E-state index in [1.165, 1.54) is 18.2 Å². The van der Waals surface area contributed by atoms with Gasteiger partial charge in [0.2, 0.25) is 0 Å². The fourth-order valence-corrected chi connectivity index (χ4v) is 2.72. The molecule has 1 aromatic rings. The van der Waals surface area contributed by atoms with Gasteiger partial charge in [0.25, 0.3) is 5.69 Å². The third-order valence-electron chi connectivity index (χ3n) is 3.82. The lowest BCUT2D eigenvalue weighted by molar-refractivity contribution is -0.384. The molecule has 5 nitrogen and oxygen atoms in total. The van der Waals surface area contributed by atoms with Crippen LogP contribution in [0, 0.1) is 27.4 Å². The number of nitro benzene ring substituents is 1. The number of nitro groups is 1. The van der Waals surface area contributed by atoms with Crippen molar-refractivity contribution in [1.82, 2.24) is 0 Å². The van der Waals surface area contributed by atoms with Crippen molar-refractivity contribution in [3.63, 3.8) is 0 Å². The lowest BCUT2D eigenvalue weighted by atomic mass is 9.85. The van der Waals surface area contributed by atoms with Crippen LogP contribution in [0.15, 0.2) is 18.2 Å². The molecule has 0 radical (unpaired) electrons. The van der Waals surface area contributed by atoms with Crippen molar-refractivity contribution < 1.29 is 18.1 Å². The molecule has 1 N–H and O–H groups in total. The van der Waals surface area contributed by atoms with E-state index in [0.29, 0.717) is 12.8 Å². The molecule has 8 heteroatoms. The molecule has 1 aliphatic carbocycles. The molecule has 0 saturated heterocycles. The van der Waals surface area contributed by atoms with E-state index in [1.807, 2.05) is 6.07 Å². The van der Waals surface area contributed by atoms with Gasteiger partial charge in [-0.3, -0.25) is 10.1 Å². The Kier molecular flexibility index (Phi) is 4.54. The first-order valence-corrected chi connectivity index (χ1v) is 6.83. The average Bonchev–Trinajstić information content (AvgIpc) is 2.46. The minimum Gasteiger partial charge on any atom is -0.377 e. The van der Waals surface area contributed by atoms with Crippen molar-refractivity contribution in [3.05, 3.63) is 33.9 Å². The minimum atomic E-state index is -4.25. The summed E-state index contributed by atoms with van der Waals surface area (Å²) in [5.74, 6) is -1.39. The maximum absolute atomic E-state index is 12.8. The molecule has 2 atom stereocenters. The van der Waals surface area contributed by atoms with Crippen molar-refractivity contribution in [2.75, 3.05) is 5.32 Å². The first kappa shape index (κ1) is 16.1. The van der Waals surface area contributed by atoms with E-state index in [1.54, 1.807) is 0 Å². The van der Waals surface area contributed by atoms with Crippen LogP contribution in [0.25, 0.3) is 0 Å². The standard InChI is InChI=1S/C14H14F3N3O2/c15-14(16,17)10-2-1-3-11(7-10)19-12-6-9(8-18)4-5-13(12)20(21)22/h4-6,10-11,19H,1-3,7H2. The zero-order chi connectivity index (χ0) is 16.3. The number of hydrogen-bond acceptors (Lipinski definition) is 4. The highest BCUT2D eigenvalue weighted by molar-refractivity contribution is 5.64. The summed E-state index contributed by atoms with van der Waals surface area (Å²) in [5, 5.41) is 22.7. The molecule has 1 aliphatic rings. The van der Waals surface area contributed by atoms with Crippen LogP contribution in [-0.2, 0) is 0 Å². The molecule has 0 amide bonds. The molecule has 0 aromatic heterocycles. The maximum atomic E-state index is 12.8. The van der Waals surface area contributed by atoms with Crippen LogP contribution in [0.4, 0.5) is 24.5 Å². The summed E-state index contributed by atoms with van der Waals surface area (Å²) in [6.07, 6.45) is -3.35. The number of benzene rings is 1. The molecule has 1 aromatic carbocycles. The van der Waals surface area contributed by atoms with Gasteiger partial charge in [-0.05, 0) is 31.4 Å². The number of anilines is 1. The quantitative estimate of drug-likeness (QED) is 0.675. The molecule has 2 unspecified atom stereocenters.